The predicted molar refractivity (Wildman–Crippen MR) is 68.2 cm³/mol. The summed E-state index contributed by atoms with van der Waals surface area (Å²) in [7, 11) is 0. The van der Waals surface area contributed by atoms with Crippen LogP contribution >= 0.6 is 23.1 Å². The number of hydrogen-bond acceptors (Lipinski definition) is 4. The van der Waals surface area contributed by atoms with Gasteiger partial charge in [0.25, 0.3) is 0 Å². The molecule has 1 N–H and O–H groups in total. The molecule has 16 heavy (non-hydrogen) atoms. The van der Waals surface area contributed by atoms with Gasteiger partial charge in [0.2, 0.25) is 0 Å². The Morgan fingerprint density at radius 3 is 2.75 bits per heavy atom. The van der Waals surface area contributed by atoms with E-state index in [1.807, 2.05) is 25.1 Å². The lowest BCUT2D eigenvalue weighted by atomic mass is 10.3. The highest BCUT2D eigenvalue weighted by Gasteiger charge is 2.07. The standard InChI is InChI=1S/C12H13NOS2/c1-9-11(7-8-14)16-12(13-9)15-10-5-3-2-4-6-10/h2-6,14H,7-8H2,1H3. The summed E-state index contributed by atoms with van der Waals surface area (Å²) in [6.07, 6.45) is 0.707. The first kappa shape index (κ1) is 11.6. The van der Waals surface area contributed by atoms with Crippen molar-refractivity contribution >= 4 is 23.1 Å². The molecule has 0 atom stereocenters. The van der Waals surface area contributed by atoms with E-state index in [1.165, 1.54) is 9.77 Å². The zero-order chi connectivity index (χ0) is 11.4. The molecule has 2 aromatic rings. The van der Waals surface area contributed by atoms with Crippen LogP contribution in [-0.4, -0.2) is 16.7 Å². The number of hydrogen-bond donors (Lipinski definition) is 1. The summed E-state index contributed by atoms with van der Waals surface area (Å²) in [5.74, 6) is 0. The van der Waals surface area contributed by atoms with Crippen LogP contribution < -0.4 is 0 Å². The van der Waals surface area contributed by atoms with Crippen molar-refractivity contribution in [2.75, 3.05) is 6.61 Å². The number of aromatic nitrogens is 1. The molecule has 1 heterocycles. The fourth-order valence-electron chi connectivity index (χ4n) is 1.37. The number of benzene rings is 1. The molecular formula is C12H13NOS2. The highest BCUT2D eigenvalue weighted by atomic mass is 32.2. The van der Waals surface area contributed by atoms with Crippen molar-refractivity contribution in [3.05, 3.63) is 40.9 Å². The van der Waals surface area contributed by atoms with E-state index >= 15 is 0 Å². The normalized spacial score (nSPS) is 10.6. The summed E-state index contributed by atoms with van der Waals surface area (Å²) in [5, 5.41) is 8.92. The van der Waals surface area contributed by atoms with E-state index in [0.29, 0.717) is 6.42 Å². The fraction of sp³-hybridized carbons (Fsp3) is 0.250. The Balaban J connectivity index is 2.13. The summed E-state index contributed by atoms with van der Waals surface area (Å²) < 4.78 is 1.05. The van der Waals surface area contributed by atoms with Gasteiger partial charge in [0.05, 0.1) is 5.69 Å². The number of nitrogens with zero attached hydrogens (tertiary/aromatic N) is 1. The summed E-state index contributed by atoms with van der Waals surface area (Å²) in [6, 6.07) is 10.2. The van der Waals surface area contributed by atoms with Crippen molar-refractivity contribution in [2.24, 2.45) is 0 Å². The zero-order valence-corrected chi connectivity index (χ0v) is 10.6. The maximum Gasteiger partial charge on any atom is 0.155 e. The predicted octanol–water partition coefficient (Wildman–Crippen LogP) is 3.14. The molecule has 4 heteroatoms. The molecule has 0 aliphatic carbocycles. The minimum Gasteiger partial charge on any atom is -0.396 e. The second-order valence-electron chi connectivity index (χ2n) is 3.38. The Morgan fingerprint density at radius 2 is 2.06 bits per heavy atom. The third-order valence-corrected chi connectivity index (χ3v) is 4.45. The highest BCUT2D eigenvalue weighted by Crippen LogP contribution is 2.32. The fourth-order valence-corrected chi connectivity index (χ4v) is 3.58. The van der Waals surface area contributed by atoms with Gasteiger partial charge in [0.15, 0.2) is 4.34 Å². The molecule has 1 aromatic carbocycles. The van der Waals surface area contributed by atoms with Crippen molar-refractivity contribution < 1.29 is 5.11 Å². The Morgan fingerprint density at radius 1 is 1.31 bits per heavy atom. The monoisotopic (exact) mass is 251 g/mol. The molecule has 0 bridgehead atoms. The van der Waals surface area contributed by atoms with E-state index in [0.717, 1.165) is 10.0 Å². The largest absolute Gasteiger partial charge is 0.396 e. The quantitative estimate of drug-likeness (QED) is 0.906. The third-order valence-electron chi connectivity index (χ3n) is 2.16. The zero-order valence-electron chi connectivity index (χ0n) is 9.01. The molecule has 0 aliphatic heterocycles. The number of aryl methyl sites for hydroxylation is 1. The van der Waals surface area contributed by atoms with Crippen molar-refractivity contribution in [3.8, 4) is 0 Å². The molecule has 1 aromatic heterocycles. The van der Waals surface area contributed by atoms with Crippen LogP contribution in [0.25, 0.3) is 0 Å². The summed E-state index contributed by atoms with van der Waals surface area (Å²) in [4.78, 5) is 6.88. The van der Waals surface area contributed by atoms with Crippen molar-refractivity contribution in [1.82, 2.24) is 4.98 Å². The third kappa shape index (κ3) is 2.84. The number of rotatable bonds is 4. The summed E-state index contributed by atoms with van der Waals surface area (Å²) in [5.41, 5.74) is 1.04. The van der Waals surface area contributed by atoms with Crippen LogP contribution in [-0.2, 0) is 6.42 Å². The van der Waals surface area contributed by atoms with Crippen molar-refractivity contribution in [1.29, 1.82) is 0 Å². The SMILES string of the molecule is Cc1nc(Sc2ccccc2)sc1CCO. The molecule has 84 valence electrons. The minimum absolute atomic E-state index is 0.193. The highest BCUT2D eigenvalue weighted by molar-refractivity contribution is 8.01. The van der Waals surface area contributed by atoms with Gasteiger partial charge in [0, 0.05) is 22.8 Å². The molecule has 0 fully saturated rings. The van der Waals surface area contributed by atoms with E-state index in [-0.39, 0.29) is 6.61 Å². The average molecular weight is 251 g/mol. The first-order valence-corrected chi connectivity index (χ1v) is 6.73. The maximum absolute atomic E-state index is 8.92. The van der Waals surface area contributed by atoms with Crippen LogP contribution in [0.4, 0.5) is 0 Å². The number of aliphatic hydroxyl groups excluding tert-OH is 1. The van der Waals surface area contributed by atoms with Crippen LogP contribution in [0.3, 0.4) is 0 Å². The maximum atomic E-state index is 8.92. The molecule has 0 unspecified atom stereocenters. The molecular weight excluding hydrogens is 238 g/mol. The van der Waals surface area contributed by atoms with Gasteiger partial charge in [-0.25, -0.2) is 4.98 Å². The Hall–Kier alpha value is -0.840. The smallest absolute Gasteiger partial charge is 0.155 e. The topological polar surface area (TPSA) is 33.1 Å². The van der Waals surface area contributed by atoms with Crippen LogP contribution in [0.5, 0.6) is 0 Å². The van der Waals surface area contributed by atoms with Crippen molar-refractivity contribution in [2.45, 2.75) is 22.6 Å². The van der Waals surface area contributed by atoms with E-state index in [2.05, 4.69) is 17.1 Å². The van der Waals surface area contributed by atoms with Crippen LogP contribution in [0, 0.1) is 6.92 Å². The van der Waals surface area contributed by atoms with E-state index in [1.54, 1.807) is 23.1 Å². The van der Waals surface area contributed by atoms with E-state index in [9.17, 15) is 0 Å². The second kappa shape index (κ2) is 5.48. The van der Waals surface area contributed by atoms with Gasteiger partial charge in [-0.1, -0.05) is 30.0 Å². The summed E-state index contributed by atoms with van der Waals surface area (Å²) >= 11 is 3.34. The average Bonchev–Trinajstić information content (AvgIpc) is 2.61. The molecule has 0 spiro atoms. The molecule has 0 radical (unpaired) electrons. The minimum atomic E-state index is 0.193. The molecule has 0 saturated heterocycles. The molecule has 2 nitrogen and oxygen atoms in total. The molecule has 0 saturated carbocycles. The Labute approximate surface area is 103 Å². The van der Waals surface area contributed by atoms with Crippen LogP contribution in [0.15, 0.2) is 39.6 Å². The number of aliphatic hydroxyl groups is 1. The lowest BCUT2D eigenvalue weighted by Crippen LogP contribution is -1.88. The van der Waals surface area contributed by atoms with Gasteiger partial charge in [-0.15, -0.1) is 11.3 Å². The van der Waals surface area contributed by atoms with E-state index < -0.39 is 0 Å². The molecule has 0 amide bonds. The Bertz CT molecular complexity index is 453. The van der Waals surface area contributed by atoms with E-state index in [4.69, 9.17) is 5.11 Å². The molecule has 0 aliphatic rings. The molecule has 2 rings (SSSR count). The van der Waals surface area contributed by atoms with Gasteiger partial charge < -0.3 is 5.11 Å². The van der Waals surface area contributed by atoms with Gasteiger partial charge in [-0.3, -0.25) is 0 Å². The van der Waals surface area contributed by atoms with Crippen LogP contribution in [0.1, 0.15) is 10.6 Å². The summed E-state index contributed by atoms with van der Waals surface area (Å²) in [6.45, 7) is 2.19. The van der Waals surface area contributed by atoms with Gasteiger partial charge in [-0.2, -0.15) is 0 Å². The first-order valence-electron chi connectivity index (χ1n) is 5.09. The van der Waals surface area contributed by atoms with Gasteiger partial charge in [-0.05, 0) is 19.1 Å². The second-order valence-corrected chi connectivity index (χ2v) is 5.78. The van der Waals surface area contributed by atoms with Crippen LogP contribution in [0.2, 0.25) is 0 Å². The number of thiazole rings is 1. The Kier molecular flexibility index (Phi) is 3.98. The van der Waals surface area contributed by atoms with Gasteiger partial charge >= 0.3 is 0 Å². The lowest BCUT2D eigenvalue weighted by molar-refractivity contribution is 0.300. The van der Waals surface area contributed by atoms with Crippen molar-refractivity contribution in [3.63, 3.8) is 0 Å². The lowest BCUT2D eigenvalue weighted by Gasteiger charge is -1.95. The van der Waals surface area contributed by atoms with Gasteiger partial charge in [0.1, 0.15) is 0 Å². The first-order chi connectivity index (χ1) is 7.79.